The zero-order chi connectivity index (χ0) is 9.84. The van der Waals surface area contributed by atoms with Crippen LogP contribution < -0.4 is 0 Å². The van der Waals surface area contributed by atoms with Crippen LogP contribution in [-0.2, 0) is 11.2 Å². The molecule has 1 aromatic carbocycles. The van der Waals surface area contributed by atoms with E-state index in [4.69, 9.17) is 4.74 Å². The monoisotopic (exact) mass is 186 g/mol. The number of hydrogen-bond donors (Lipinski definition) is 0. The van der Waals surface area contributed by atoms with Crippen LogP contribution in [0, 0.1) is 11.6 Å². The zero-order valence-corrected chi connectivity index (χ0v) is 7.68. The van der Waals surface area contributed by atoms with Crippen LogP contribution in [0.25, 0.3) is 0 Å². The van der Waals surface area contributed by atoms with E-state index in [9.17, 15) is 8.78 Å². The highest BCUT2D eigenvalue weighted by atomic mass is 19.1. The summed E-state index contributed by atoms with van der Waals surface area (Å²) >= 11 is 0. The molecule has 0 fully saturated rings. The highest BCUT2D eigenvalue weighted by Gasteiger charge is 2.11. The fourth-order valence-corrected chi connectivity index (χ4v) is 1.10. The average molecular weight is 186 g/mol. The normalized spacial score (nSPS) is 12.9. The molecule has 3 heteroatoms. The number of benzene rings is 1. The number of methoxy groups -OCH3 is 1. The molecule has 72 valence electrons. The predicted molar refractivity (Wildman–Crippen MR) is 46.5 cm³/mol. The second kappa shape index (κ2) is 4.33. The third kappa shape index (κ3) is 2.49. The lowest BCUT2D eigenvalue weighted by atomic mass is 10.1. The lowest BCUT2D eigenvalue weighted by Crippen LogP contribution is -2.11. The Morgan fingerprint density at radius 3 is 2.31 bits per heavy atom. The molecule has 0 amide bonds. The molecule has 0 aliphatic heterocycles. The summed E-state index contributed by atoms with van der Waals surface area (Å²) in [6.45, 7) is 1.77. The van der Waals surface area contributed by atoms with Gasteiger partial charge in [0.1, 0.15) is 11.6 Å². The molecule has 0 saturated heterocycles. The first-order valence-electron chi connectivity index (χ1n) is 4.11. The van der Waals surface area contributed by atoms with Crippen LogP contribution in [0.5, 0.6) is 0 Å². The van der Waals surface area contributed by atoms with E-state index in [0.717, 1.165) is 0 Å². The third-order valence-corrected chi connectivity index (χ3v) is 1.96. The number of hydrogen-bond acceptors (Lipinski definition) is 1. The van der Waals surface area contributed by atoms with Gasteiger partial charge >= 0.3 is 0 Å². The van der Waals surface area contributed by atoms with Crippen molar-refractivity contribution in [2.24, 2.45) is 0 Å². The summed E-state index contributed by atoms with van der Waals surface area (Å²) in [6, 6.07) is 3.85. The zero-order valence-electron chi connectivity index (χ0n) is 7.68. The van der Waals surface area contributed by atoms with Crippen LogP contribution in [0.15, 0.2) is 18.2 Å². The van der Waals surface area contributed by atoms with E-state index in [1.54, 1.807) is 6.92 Å². The minimum atomic E-state index is -0.510. The van der Waals surface area contributed by atoms with Gasteiger partial charge in [0.05, 0.1) is 6.10 Å². The van der Waals surface area contributed by atoms with Gasteiger partial charge in [0.2, 0.25) is 0 Å². The SMILES string of the molecule is COC(C)Cc1c(F)cccc1F. The second-order valence-corrected chi connectivity index (χ2v) is 2.95. The Kier molecular flexibility index (Phi) is 3.37. The van der Waals surface area contributed by atoms with Crippen LogP contribution >= 0.6 is 0 Å². The summed E-state index contributed by atoms with van der Waals surface area (Å²) in [7, 11) is 1.52. The van der Waals surface area contributed by atoms with Crippen molar-refractivity contribution in [3.8, 4) is 0 Å². The molecule has 0 spiro atoms. The van der Waals surface area contributed by atoms with Gasteiger partial charge in [-0.05, 0) is 19.1 Å². The van der Waals surface area contributed by atoms with Crippen LogP contribution in [0.4, 0.5) is 8.78 Å². The molecule has 0 aliphatic carbocycles. The Balaban J connectivity index is 2.87. The molecular formula is C10H12F2O. The van der Waals surface area contributed by atoms with Crippen molar-refractivity contribution in [1.29, 1.82) is 0 Å². The first-order chi connectivity index (χ1) is 6.15. The minimum absolute atomic E-state index is 0.0943. The lowest BCUT2D eigenvalue weighted by molar-refractivity contribution is 0.117. The van der Waals surface area contributed by atoms with E-state index < -0.39 is 11.6 Å². The van der Waals surface area contributed by atoms with Crippen molar-refractivity contribution in [1.82, 2.24) is 0 Å². The quantitative estimate of drug-likeness (QED) is 0.704. The Morgan fingerprint density at radius 2 is 1.85 bits per heavy atom. The Labute approximate surface area is 76.3 Å². The summed E-state index contributed by atoms with van der Waals surface area (Å²) in [6.07, 6.45) is 0.0843. The molecule has 1 unspecified atom stereocenters. The van der Waals surface area contributed by atoms with E-state index in [-0.39, 0.29) is 18.1 Å². The van der Waals surface area contributed by atoms with Crippen molar-refractivity contribution < 1.29 is 13.5 Å². The molecule has 1 nitrogen and oxygen atoms in total. The van der Waals surface area contributed by atoms with Crippen molar-refractivity contribution in [2.45, 2.75) is 19.4 Å². The predicted octanol–water partition coefficient (Wildman–Crippen LogP) is 2.54. The van der Waals surface area contributed by atoms with Gasteiger partial charge < -0.3 is 4.74 Å². The van der Waals surface area contributed by atoms with Crippen molar-refractivity contribution in [3.63, 3.8) is 0 Å². The Morgan fingerprint density at radius 1 is 1.31 bits per heavy atom. The summed E-state index contributed by atoms with van der Waals surface area (Å²) in [5.41, 5.74) is 0.0943. The molecule has 0 N–H and O–H groups in total. The van der Waals surface area contributed by atoms with Crippen LogP contribution in [0.3, 0.4) is 0 Å². The first kappa shape index (κ1) is 10.1. The van der Waals surface area contributed by atoms with E-state index >= 15 is 0 Å². The van der Waals surface area contributed by atoms with Gasteiger partial charge in [-0.2, -0.15) is 0 Å². The maximum atomic E-state index is 13.1. The van der Waals surface area contributed by atoms with Gasteiger partial charge in [-0.3, -0.25) is 0 Å². The second-order valence-electron chi connectivity index (χ2n) is 2.95. The topological polar surface area (TPSA) is 9.23 Å². The van der Waals surface area contributed by atoms with Crippen LogP contribution in [0.1, 0.15) is 12.5 Å². The smallest absolute Gasteiger partial charge is 0.129 e. The third-order valence-electron chi connectivity index (χ3n) is 1.96. The lowest BCUT2D eigenvalue weighted by Gasteiger charge is -2.10. The fraction of sp³-hybridized carbons (Fsp3) is 0.400. The summed E-state index contributed by atoms with van der Waals surface area (Å²) in [5.74, 6) is -1.02. The van der Waals surface area contributed by atoms with Gasteiger partial charge in [0.15, 0.2) is 0 Å². The highest BCUT2D eigenvalue weighted by Crippen LogP contribution is 2.14. The molecular weight excluding hydrogens is 174 g/mol. The van der Waals surface area contributed by atoms with E-state index in [1.807, 2.05) is 0 Å². The van der Waals surface area contributed by atoms with Gasteiger partial charge in [-0.25, -0.2) is 8.78 Å². The molecule has 1 atom stereocenters. The molecule has 0 heterocycles. The first-order valence-corrected chi connectivity index (χ1v) is 4.11. The molecule has 0 aliphatic rings. The highest BCUT2D eigenvalue weighted by molar-refractivity contribution is 5.20. The number of ether oxygens (including phenoxy) is 1. The molecule has 1 aromatic rings. The summed E-state index contributed by atoms with van der Waals surface area (Å²) < 4.78 is 31.0. The Hall–Kier alpha value is -0.960. The summed E-state index contributed by atoms with van der Waals surface area (Å²) in [5, 5.41) is 0. The molecule has 0 bridgehead atoms. The van der Waals surface area contributed by atoms with E-state index in [0.29, 0.717) is 0 Å². The van der Waals surface area contributed by atoms with Crippen LogP contribution in [0.2, 0.25) is 0 Å². The van der Waals surface area contributed by atoms with Gasteiger partial charge in [0, 0.05) is 19.1 Å². The van der Waals surface area contributed by atoms with E-state index in [2.05, 4.69) is 0 Å². The molecule has 0 aromatic heterocycles. The van der Waals surface area contributed by atoms with Crippen molar-refractivity contribution in [3.05, 3.63) is 35.4 Å². The van der Waals surface area contributed by atoms with Crippen molar-refractivity contribution >= 4 is 0 Å². The maximum absolute atomic E-state index is 13.1. The van der Waals surface area contributed by atoms with E-state index in [1.165, 1.54) is 25.3 Å². The molecule has 13 heavy (non-hydrogen) atoms. The standard InChI is InChI=1S/C10H12F2O/c1-7(13-2)6-8-9(11)4-3-5-10(8)12/h3-5,7H,6H2,1-2H3. The number of halogens is 2. The van der Waals surface area contributed by atoms with Crippen LogP contribution in [-0.4, -0.2) is 13.2 Å². The van der Waals surface area contributed by atoms with Crippen molar-refractivity contribution in [2.75, 3.05) is 7.11 Å². The molecule has 1 rings (SSSR count). The summed E-state index contributed by atoms with van der Waals surface area (Å²) in [4.78, 5) is 0. The largest absolute Gasteiger partial charge is 0.381 e. The minimum Gasteiger partial charge on any atom is -0.381 e. The van der Waals surface area contributed by atoms with Gasteiger partial charge in [-0.15, -0.1) is 0 Å². The molecule has 0 radical (unpaired) electrons. The maximum Gasteiger partial charge on any atom is 0.129 e. The Bertz CT molecular complexity index is 266. The fourth-order valence-electron chi connectivity index (χ4n) is 1.10. The van der Waals surface area contributed by atoms with Gasteiger partial charge in [-0.1, -0.05) is 6.07 Å². The van der Waals surface area contributed by atoms with Gasteiger partial charge in [0.25, 0.3) is 0 Å². The average Bonchev–Trinajstić information content (AvgIpc) is 2.11. The molecule has 0 saturated carbocycles. The number of rotatable bonds is 3.